The molecule has 0 bridgehead atoms. The van der Waals surface area contributed by atoms with Crippen molar-refractivity contribution in [3.05, 3.63) is 95.6 Å². The number of aliphatic carboxylic acids is 2. The van der Waals surface area contributed by atoms with Gasteiger partial charge in [0.15, 0.2) is 0 Å². The number of amides is 8. The SMILES string of the molecule is CN(CCN(C)C(=O)[C@H](CC(=O)OCc1ccccc1)N(C)C(=O)OCC1c2ccccc2-c2ccccc21)C(=O)OC(C)(C)C.CN[C@@H](CC(=O)O)C(=O)N(C)CCN(C)C(=O)OC(C)(C)C.CSCCCCCC(=O)N(C)[C@@H](CC(=O)O)C(=O)N(C)CCN(C)C(=O)OC(C)(C)C.[Li+].[OH-]. The van der Waals surface area contributed by atoms with Gasteiger partial charge >= 0.3 is 61.1 Å². The molecule has 101 heavy (non-hydrogen) atoms. The van der Waals surface area contributed by atoms with Gasteiger partial charge in [0.05, 0.1) is 25.3 Å². The maximum atomic E-state index is 13.7. The van der Waals surface area contributed by atoms with E-state index in [4.69, 9.17) is 28.8 Å². The number of ether oxygens (including phenoxy) is 5. The molecule has 0 aliphatic heterocycles. The van der Waals surface area contributed by atoms with E-state index < -0.39 is 95.4 Å². The molecule has 0 saturated carbocycles. The molecule has 0 radical (unpaired) electrons. The van der Waals surface area contributed by atoms with E-state index in [0.29, 0.717) is 13.0 Å². The van der Waals surface area contributed by atoms with Crippen molar-refractivity contribution in [2.24, 2.45) is 0 Å². The van der Waals surface area contributed by atoms with Crippen molar-refractivity contribution in [1.82, 2.24) is 44.5 Å². The van der Waals surface area contributed by atoms with Gasteiger partial charge in [-0.1, -0.05) is 85.3 Å². The number of hydrogen-bond donors (Lipinski definition) is 3. The van der Waals surface area contributed by atoms with Crippen molar-refractivity contribution >= 4 is 77.7 Å². The second-order valence-corrected chi connectivity index (χ2v) is 28.1. The first-order chi connectivity index (χ1) is 46.1. The summed E-state index contributed by atoms with van der Waals surface area (Å²) in [4.78, 5) is 146. The number of hydrogen-bond acceptors (Lipinski definition) is 19. The van der Waals surface area contributed by atoms with E-state index in [9.17, 15) is 57.8 Å². The third kappa shape index (κ3) is 34.4. The number of esters is 1. The van der Waals surface area contributed by atoms with Crippen molar-refractivity contribution < 1.29 is 111 Å². The van der Waals surface area contributed by atoms with Gasteiger partial charge in [-0.05, 0) is 122 Å². The fraction of sp³-hybridized carbons (Fsp3) is 0.592. The third-order valence-electron chi connectivity index (χ3n) is 15.3. The molecule has 560 valence electrons. The van der Waals surface area contributed by atoms with Gasteiger partial charge in [-0.2, -0.15) is 11.8 Å². The van der Waals surface area contributed by atoms with Crippen LogP contribution in [0.5, 0.6) is 0 Å². The monoisotopic (exact) mass is 1430 g/mol. The van der Waals surface area contributed by atoms with Gasteiger partial charge in [0.25, 0.3) is 0 Å². The number of likely N-dealkylation sites (N-methyl/N-ethyl adjacent to an activating group) is 9. The van der Waals surface area contributed by atoms with Gasteiger partial charge < -0.3 is 79.0 Å². The molecule has 28 nitrogen and oxygen atoms in total. The van der Waals surface area contributed by atoms with Crippen LogP contribution in [0, 0.1) is 0 Å². The van der Waals surface area contributed by atoms with Crippen LogP contribution in [0.3, 0.4) is 0 Å². The van der Waals surface area contributed by atoms with Gasteiger partial charge in [0.2, 0.25) is 23.6 Å². The number of rotatable bonds is 31. The van der Waals surface area contributed by atoms with Crippen molar-refractivity contribution in [2.75, 3.05) is 121 Å². The standard InChI is InChI=1S/C36H43N3O7.C21H39N3O6S.C14H27N3O5.Li.H2O/c1-36(2,3)46-34(42)38(5)21-20-37(4)33(41)31(22-32(40)44-23-25-14-8-7-9-15-25)39(6)35(43)45-24-30-28-18-12-10-16-26(28)27-17-11-13-19-29(27)30;1-21(2,3)30-20(29)23(5)13-12-22(4)19(28)16(15-18(26)27)24(6)17(25)11-9-8-10-14-31-7;1-14(2,3)22-13(21)17(6)8-7-16(5)12(20)10(15-4)9-11(18)19;;/h7-19,30-31H,20-24H2,1-6H3;16H,8-15H2,1-7H3,(H,26,27);10,15H,7-9H2,1-6H3,(H,18,19);;1H2/q;;;+1;/p-1/t31-;16-;10-;;/m000../s1. The number of carboxylic acids is 2. The molecule has 1 aliphatic rings. The van der Waals surface area contributed by atoms with Crippen molar-refractivity contribution in [1.29, 1.82) is 0 Å². The summed E-state index contributed by atoms with van der Waals surface area (Å²) in [6, 6.07) is 22.1. The molecular formula is C71H110LiN9O19S. The molecule has 4 N–H and O–H groups in total. The van der Waals surface area contributed by atoms with E-state index in [1.807, 2.05) is 85.1 Å². The molecule has 0 unspecified atom stereocenters. The first kappa shape index (κ1) is 92.9. The number of carbonyl (C=O) groups excluding carboxylic acids is 9. The number of carboxylic acid groups (broad SMARTS) is 2. The summed E-state index contributed by atoms with van der Waals surface area (Å²) in [5, 5.41) is 20.7. The van der Waals surface area contributed by atoms with E-state index >= 15 is 0 Å². The summed E-state index contributed by atoms with van der Waals surface area (Å²) in [7, 11) is 13.8. The Balaban J connectivity index is 0.00000159. The Morgan fingerprint density at radius 1 is 0.485 bits per heavy atom. The average Bonchev–Trinajstić information content (AvgIpc) is 1.62. The first-order valence-corrected chi connectivity index (χ1v) is 34.2. The van der Waals surface area contributed by atoms with E-state index in [0.717, 1.165) is 51.3 Å². The van der Waals surface area contributed by atoms with Crippen molar-refractivity contribution in [2.45, 2.75) is 155 Å². The predicted octanol–water partition coefficient (Wildman–Crippen LogP) is 5.43. The summed E-state index contributed by atoms with van der Waals surface area (Å²) in [6.45, 7) is 17.3. The van der Waals surface area contributed by atoms with E-state index in [1.165, 1.54) is 62.5 Å². The summed E-state index contributed by atoms with van der Waals surface area (Å²) in [6.07, 6.45) is 1.56. The van der Waals surface area contributed by atoms with Crippen LogP contribution in [0.4, 0.5) is 19.2 Å². The first-order valence-electron chi connectivity index (χ1n) is 32.8. The largest absolute Gasteiger partial charge is 1.00 e. The van der Waals surface area contributed by atoms with Crippen LogP contribution in [0.2, 0.25) is 0 Å². The molecule has 0 fully saturated rings. The summed E-state index contributed by atoms with van der Waals surface area (Å²) in [5.41, 5.74) is 3.24. The minimum Gasteiger partial charge on any atom is -0.870 e. The number of fused-ring (bicyclic) bond motifs is 3. The molecule has 3 aromatic carbocycles. The molecule has 0 spiro atoms. The molecule has 30 heteroatoms. The van der Waals surface area contributed by atoms with Crippen molar-refractivity contribution in [3.8, 4) is 11.1 Å². The number of carbonyl (C=O) groups is 11. The Kier molecular flexibility index (Phi) is 41.4. The number of unbranched alkanes of at least 4 members (excludes halogenated alkanes) is 2. The maximum absolute atomic E-state index is 13.7. The topological polar surface area (TPSA) is 342 Å². The third-order valence-corrected chi connectivity index (χ3v) is 16.0. The van der Waals surface area contributed by atoms with Gasteiger partial charge in [-0.25, -0.2) is 19.2 Å². The summed E-state index contributed by atoms with van der Waals surface area (Å²) in [5.74, 6) is -3.52. The Morgan fingerprint density at radius 2 is 0.871 bits per heavy atom. The molecule has 3 aromatic rings. The molecule has 8 amide bonds. The molecule has 0 heterocycles. The molecule has 3 atom stereocenters. The van der Waals surface area contributed by atoms with E-state index in [1.54, 1.807) is 109 Å². The Bertz CT molecular complexity index is 3100. The quantitative estimate of drug-likeness (QED) is 0.0313. The van der Waals surface area contributed by atoms with Gasteiger partial charge in [-0.15, -0.1) is 0 Å². The normalized spacial score (nSPS) is 12.2. The van der Waals surface area contributed by atoms with Crippen LogP contribution in [0.25, 0.3) is 11.1 Å². The zero-order chi connectivity index (χ0) is 75.1. The van der Waals surface area contributed by atoms with E-state index in [2.05, 4.69) is 5.32 Å². The van der Waals surface area contributed by atoms with Crippen LogP contribution in [0.15, 0.2) is 78.9 Å². The molecule has 4 rings (SSSR count). The fourth-order valence-electron chi connectivity index (χ4n) is 9.56. The zero-order valence-electron chi connectivity index (χ0n) is 63.0. The smallest absolute Gasteiger partial charge is 0.870 e. The maximum Gasteiger partial charge on any atom is 1.00 e. The number of nitrogens with zero attached hydrogens (tertiary/aromatic N) is 8. The van der Waals surface area contributed by atoms with Crippen LogP contribution in [-0.2, 0) is 63.9 Å². The molecule has 0 aromatic heterocycles. The van der Waals surface area contributed by atoms with Crippen LogP contribution >= 0.6 is 11.8 Å². The number of benzene rings is 3. The summed E-state index contributed by atoms with van der Waals surface area (Å²) < 4.78 is 27.1. The minimum atomic E-state index is -1.20. The Morgan fingerprint density at radius 3 is 1.27 bits per heavy atom. The second-order valence-electron chi connectivity index (χ2n) is 27.1. The summed E-state index contributed by atoms with van der Waals surface area (Å²) >= 11 is 1.75. The van der Waals surface area contributed by atoms with Crippen LogP contribution in [-0.4, -0.2) is 277 Å². The fourth-order valence-corrected chi connectivity index (χ4v) is 10.1. The molecule has 0 saturated heterocycles. The minimum absolute atomic E-state index is 0. The Hall–Kier alpha value is -8.10. The van der Waals surface area contributed by atoms with Crippen LogP contribution in [0.1, 0.15) is 130 Å². The molecular weight excluding hydrogens is 1320 g/mol. The van der Waals surface area contributed by atoms with E-state index in [-0.39, 0.29) is 107 Å². The van der Waals surface area contributed by atoms with Gasteiger partial charge in [-0.3, -0.25) is 38.5 Å². The second kappa shape index (κ2) is 45.0. The zero-order valence-corrected chi connectivity index (χ0v) is 63.8. The number of thioether (sulfide) groups is 1. The predicted molar refractivity (Wildman–Crippen MR) is 380 cm³/mol. The van der Waals surface area contributed by atoms with Crippen LogP contribution < -0.4 is 24.2 Å². The van der Waals surface area contributed by atoms with Gasteiger partial charge in [0, 0.05) is 108 Å². The Labute approximate surface area is 612 Å². The number of nitrogens with one attached hydrogen (secondary N) is 1. The average molecular weight is 1430 g/mol. The van der Waals surface area contributed by atoms with Crippen molar-refractivity contribution in [3.63, 3.8) is 0 Å². The molecule has 1 aliphatic carbocycles. The van der Waals surface area contributed by atoms with Gasteiger partial charge in [0.1, 0.15) is 42.1 Å².